The van der Waals surface area contributed by atoms with Crippen LogP contribution in [0.3, 0.4) is 0 Å². The van der Waals surface area contributed by atoms with E-state index in [4.69, 9.17) is 5.11 Å². The molecule has 0 aliphatic rings. The van der Waals surface area contributed by atoms with Crippen LogP contribution < -0.4 is 10.9 Å². The maximum Gasteiger partial charge on any atom is 0.416 e. The van der Waals surface area contributed by atoms with E-state index >= 15 is 0 Å². The third-order valence-electron chi connectivity index (χ3n) is 4.56. The van der Waals surface area contributed by atoms with Gasteiger partial charge in [0.15, 0.2) is 0 Å². The Balaban J connectivity index is 2.11. The van der Waals surface area contributed by atoms with Gasteiger partial charge >= 0.3 is 12.1 Å². The molecule has 0 aliphatic carbocycles. The largest absolute Gasteiger partial charge is 0.478 e. The molecule has 1 heterocycles. The number of aromatic carboxylic acids is 1. The lowest BCUT2D eigenvalue weighted by Gasteiger charge is -2.23. The van der Waals surface area contributed by atoms with Crippen molar-refractivity contribution >= 4 is 22.6 Å². The van der Waals surface area contributed by atoms with E-state index in [0.29, 0.717) is 12.1 Å². The van der Waals surface area contributed by atoms with Gasteiger partial charge < -0.3 is 15.4 Å². The highest BCUT2D eigenvalue weighted by Gasteiger charge is 2.36. The van der Waals surface area contributed by atoms with Crippen molar-refractivity contribution in [2.45, 2.75) is 32.5 Å². The Labute approximate surface area is 163 Å². The average molecular weight is 405 g/mol. The lowest BCUT2D eigenvalue weighted by Crippen LogP contribution is -2.19. The van der Waals surface area contributed by atoms with Crippen molar-refractivity contribution in [1.29, 1.82) is 0 Å². The highest BCUT2D eigenvalue weighted by atomic mass is 19.4. The van der Waals surface area contributed by atoms with E-state index in [9.17, 15) is 22.8 Å². The first-order valence-corrected chi connectivity index (χ1v) is 8.81. The zero-order valence-corrected chi connectivity index (χ0v) is 15.6. The number of aryl methyl sites for hydroxylation is 1. The lowest BCUT2D eigenvalue weighted by atomic mass is 9.95. The topological polar surface area (TPSA) is 95.1 Å². The molecule has 29 heavy (non-hydrogen) atoms. The van der Waals surface area contributed by atoms with Crippen LogP contribution >= 0.6 is 0 Å². The number of carbonyl (C=O) groups is 1. The lowest BCUT2D eigenvalue weighted by molar-refractivity contribution is -0.138. The summed E-state index contributed by atoms with van der Waals surface area (Å²) in [6, 6.07) is 7.05. The van der Waals surface area contributed by atoms with Crippen LogP contribution in [-0.4, -0.2) is 21.0 Å². The molecule has 0 bridgehead atoms. The first-order valence-electron chi connectivity index (χ1n) is 8.81. The fraction of sp³-hybridized carbons (Fsp3) is 0.250. The molecule has 152 valence electrons. The van der Waals surface area contributed by atoms with E-state index in [0.717, 1.165) is 6.07 Å². The summed E-state index contributed by atoms with van der Waals surface area (Å²) in [5.74, 6) is -0.869. The van der Waals surface area contributed by atoms with Crippen molar-refractivity contribution in [3.63, 3.8) is 0 Å². The summed E-state index contributed by atoms with van der Waals surface area (Å²) in [4.78, 5) is 29.7. The number of hydrogen-bond acceptors (Lipinski definition) is 4. The number of nitrogens with zero attached hydrogens (tertiary/aromatic N) is 1. The molecule has 0 saturated heterocycles. The highest BCUT2D eigenvalue weighted by Crippen LogP contribution is 2.38. The molecular weight excluding hydrogens is 387 g/mol. The first-order chi connectivity index (χ1) is 13.6. The molecule has 0 fully saturated rings. The summed E-state index contributed by atoms with van der Waals surface area (Å²) in [5.41, 5.74) is -0.953. The predicted molar refractivity (Wildman–Crippen MR) is 102 cm³/mol. The molecule has 1 aromatic heterocycles. The number of alkyl halides is 3. The second-order valence-corrected chi connectivity index (χ2v) is 6.59. The molecule has 2 aromatic carbocycles. The van der Waals surface area contributed by atoms with Crippen LogP contribution in [0, 0.1) is 6.92 Å². The number of halogens is 3. The Morgan fingerprint density at radius 3 is 2.45 bits per heavy atom. The monoisotopic (exact) mass is 405 g/mol. The maximum atomic E-state index is 13.7. The Morgan fingerprint density at radius 1 is 1.24 bits per heavy atom. The quantitative estimate of drug-likeness (QED) is 0.581. The number of anilines is 1. The van der Waals surface area contributed by atoms with Crippen molar-refractivity contribution in [2.24, 2.45) is 0 Å². The van der Waals surface area contributed by atoms with Gasteiger partial charge in [-0.1, -0.05) is 6.92 Å². The van der Waals surface area contributed by atoms with Crippen LogP contribution in [0.5, 0.6) is 0 Å². The minimum atomic E-state index is -4.63. The highest BCUT2D eigenvalue weighted by molar-refractivity contribution is 5.88. The molecule has 0 spiro atoms. The molecule has 0 radical (unpaired) electrons. The van der Waals surface area contributed by atoms with Crippen molar-refractivity contribution in [3.05, 3.63) is 69.3 Å². The van der Waals surface area contributed by atoms with E-state index in [2.05, 4.69) is 15.3 Å². The van der Waals surface area contributed by atoms with E-state index in [-0.39, 0.29) is 27.9 Å². The number of H-pyrrole nitrogens is 1. The van der Waals surface area contributed by atoms with Crippen molar-refractivity contribution < 1.29 is 23.1 Å². The van der Waals surface area contributed by atoms with Crippen LogP contribution in [-0.2, 0) is 6.18 Å². The van der Waals surface area contributed by atoms with Gasteiger partial charge in [0.1, 0.15) is 5.82 Å². The van der Waals surface area contributed by atoms with E-state index < -0.39 is 29.3 Å². The molecule has 0 saturated carbocycles. The Kier molecular flexibility index (Phi) is 5.32. The van der Waals surface area contributed by atoms with Gasteiger partial charge in [0.25, 0.3) is 5.56 Å². The molecule has 6 nitrogen and oxygen atoms in total. The van der Waals surface area contributed by atoms with Crippen LogP contribution in [0.25, 0.3) is 10.9 Å². The second-order valence-electron chi connectivity index (χ2n) is 6.59. The van der Waals surface area contributed by atoms with Gasteiger partial charge in [-0.15, -0.1) is 0 Å². The van der Waals surface area contributed by atoms with Gasteiger partial charge in [0.2, 0.25) is 0 Å². The standard InChI is InChI=1S/C20H18F3N3O3/c1-3-16(26-12-6-4-11(5-7-12)19(28)29)13-8-14-17(9-15(13)20(21,22)23)24-10(2)25-18(14)27/h4-9,16,26H,3H2,1-2H3,(H,28,29)(H,24,25,27)/t16-/m0/s1. The molecule has 3 N–H and O–H groups in total. The average Bonchev–Trinajstić information content (AvgIpc) is 2.65. The van der Waals surface area contributed by atoms with E-state index in [1.54, 1.807) is 6.92 Å². The number of hydrogen-bond donors (Lipinski definition) is 3. The van der Waals surface area contributed by atoms with E-state index in [1.807, 2.05) is 0 Å². The number of nitrogens with one attached hydrogen (secondary N) is 2. The number of aromatic amines is 1. The van der Waals surface area contributed by atoms with Crippen LogP contribution in [0.15, 0.2) is 41.2 Å². The molecule has 0 aliphatic heterocycles. The van der Waals surface area contributed by atoms with Crippen LogP contribution in [0.4, 0.5) is 18.9 Å². The van der Waals surface area contributed by atoms with Gasteiger partial charge in [-0.25, -0.2) is 9.78 Å². The molecule has 3 aromatic rings. The molecule has 0 unspecified atom stereocenters. The Bertz CT molecular complexity index is 1120. The van der Waals surface area contributed by atoms with Gasteiger partial charge in [0.05, 0.1) is 28.1 Å². The Morgan fingerprint density at radius 2 is 1.90 bits per heavy atom. The minimum Gasteiger partial charge on any atom is -0.478 e. The molecular formula is C20H18F3N3O3. The normalized spacial score (nSPS) is 12.7. The van der Waals surface area contributed by atoms with Gasteiger partial charge in [-0.3, -0.25) is 4.79 Å². The summed E-state index contributed by atoms with van der Waals surface area (Å²) < 4.78 is 41.2. The first kappa shape index (κ1) is 20.4. The fourth-order valence-corrected chi connectivity index (χ4v) is 3.16. The summed E-state index contributed by atoms with van der Waals surface area (Å²) in [7, 11) is 0. The number of fused-ring (bicyclic) bond motifs is 1. The molecule has 3 rings (SSSR count). The molecule has 9 heteroatoms. The van der Waals surface area contributed by atoms with Gasteiger partial charge in [0, 0.05) is 5.69 Å². The zero-order chi connectivity index (χ0) is 21.3. The summed E-state index contributed by atoms with van der Waals surface area (Å²) >= 11 is 0. The SMILES string of the molecule is CC[C@H](Nc1ccc(C(=O)O)cc1)c1cc2c(=O)[nH]c(C)nc2cc1C(F)(F)F. The van der Waals surface area contributed by atoms with Crippen LogP contribution in [0.1, 0.15) is 46.7 Å². The van der Waals surface area contributed by atoms with Crippen molar-refractivity contribution in [1.82, 2.24) is 9.97 Å². The number of benzene rings is 2. The zero-order valence-electron chi connectivity index (χ0n) is 15.6. The van der Waals surface area contributed by atoms with E-state index in [1.165, 1.54) is 37.3 Å². The van der Waals surface area contributed by atoms with Gasteiger partial charge in [-0.2, -0.15) is 13.2 Å². The minimum absolute atomic E-state index is 0.0250. The maximum absolute atomic E-state index is 13.7. The number of aromatic nitrogens is 2. The summed E-state index contributed by atoms with van der Waals surface area (Å²) in [6.45, 7) is 3.21. The summed E-state index contributed by atoms with van der Waals surface area (Å²) in [5, 5.41) is 12.0. The third-order valence-corrected chi connectivity index (χ3v) is 4.56. The predicted octanol–water partition coefficient (Wildman–Crippen LogP) is 4.51. The van der Waals surface area contributed by atoms with Crippen molar-refractivity contribution in [3.8, 4) is 0 Å². The van der Waals surface area contributed by atoms with Gasteiger partial charge in [-0.05, 0) is 55.3 Å². The number of carboxylic acid groups (broad SMARTS) is 1. The smallest absolute Gasteiger partial charge is 0.416 e. The number of rotatable bonds is 5. The second kappa shape index (κ2) is 7.57. The van der Waals surface area contributed by atoms with Crippen LogP contribution in [0.2, 0.25) is 0 Å². The molecule has 0 amide bonds. The third kappa shape index (κ3) is 4.23. The Hall–Kier alpha value is -3.36. The summed E-state index contributed by atoms with van der Waals surface area (Å²) in [6.07, 6.45) is -4.34. The number of carboxylic acids is 1. The fourth-order valence-electron chi connectivity index (χ4n) is 3.16. The van der Waals surface area contributed by atoms with Crippen molar-refractivity contribution in [2.75, 3.05) is 5.32 Å². The molecule has 1 atom stereocenters.